The topological polar surface area (TPSA) is 95.6 Å². The number of halogens is 2. The largest absolute Gasteiger partial charge is 0.586 e. The Labute approximate surface area is 188 Å². The summed E-state index contributed by atoms with van der Waals surface area (Å²) in [7, 11) is -0.151. The number of hydrogen-bond donors (Lipinski definition) is 1. The Bertz CT molecular complexity index is 1300. The summed E-state index contributed by atoms with van der Waals surface area (Å²) in [5, 5.41) is 0.153. The van der Waals surface area contributed by atoms with Crippen LogP contribution in [0.3, 0.4) is 0 Å². The van der Waals surface area contributed by atoms with Crippen LogP contribution in [0.4, 0.5) is 8.78 Å². The van der Waals surface area contributed by atoms with Crippen molar-refractivity contribution in [3.05, 3.63) is 66.0 Å². The van der Waals surface area contributed by atoms with E-state index in [0.29, 0.717) is 34.8 Å². The van der Waals surface area contributed by atoms with E-state index in [-0.39, 0.29) is 22.4 Å². The van der Waals surface area contributed by atoms with Gasteiger partial charge in [-0.15, -0.1) is 8.78 Å². The minimum atomic E-state index is -3.72. The van der Waals surface area contributed by atoms with Crippen molar-refractivity contribution in [3.8, 4) is 23.0 Å². The first-order valence-corrected chi connectivity index (χ1v) is 11.1. The molecule has 0 bridgehead atoms. The molecule has 3 heterocycles. The van der Waals surface area contributed by atoms with E-state index in [1.165, 1.54) is 19.2 Å². The zero-order valence-corrected chi connectivity index (χ0v) is 18.0. The van der Waals surface area contributed by atoms with E-state index < -0.39 is 17.1 Å². The Hall–Kier alpha value is -3.73. The second kappa shape index (κ2) is 8.32. The molecule has 4 aromatic rings. The molecule has 1 atom stereocenters. The van der Waals surface area contributed by atoms with Crippen LogP contribution in [0.15, 0.2) is 59.9 Å². The molecule has 33 heavy (non-hydrogen) atoms. The first-order valence-electron chi connectivity index (χ1n) is 9.78. The van der Waals surface area contributed by atoms with Gasteiger partial charge in [0.25, 0.3) is 0 Å². The number of methoxy groups -OCH3 is 1. The summed E-state index contributed by atoms with van der Waals surface area (Å²) in [5.74, 6) is 0.583. The lowest BCUT2D eigenvalue weighted by Gasteiger charge is -2.13. The molecule has 1 aliphatic rings. The zero-order chi connectivity index (χ0) is 23.0. The van der Waals surface area contributed by atoms with Crippen LogP contribution in [0, 0.1) is 0 Å². The van der Waals surface area contributed by atoms with Gasteiger partial charge in [0.05, 0.1) is 40.4 Å². The third-order valence-corrected chi connectivity index (χ3v) is 6.01. The lowest BCUT2D eigenvalue weighted by Crippen LogP contribution is -2.25. The summed E-state index contributed by atoms with van der Waals surface area (Å²) in [6.45, 7) is 0.334. The molecule has 0 fully saturated rings. The normalized spacial score (nSPS) is 14.9. The number of fused-ring (bicyclic) bond motifs is 2. The highest BCUT2D eigenvalue weighted by atomic mass is 32.2. The van der Waals surface area contributed by atoms with Gasteiger partial charge in [-0.3, -0.25) is 9.19 Å². The van der Waals surface area contributed by atoms with Crippen LogP contribution >= 0.6 is 0 Å². The summed E-state index contributed by atoms with van der Waals surface area (Å²) in [5.41, 5.74) is 2.12. The fourth-order valence-corrected chi connectivity index (χ4v) is 4.39. The highest BCUT2D eigenvalue weighted by molar-refractivity contribution is 7.84. The van der Waals surface area contributed by atoms with Crippen molar-refractivity contribution >= 4 is 21.8 Å². The van der Waals surface area contributed by atoms with Crippen molar-refractivity contribution in [3.63, 3.8) is 0 Å². The molecule has 0 radical (unpaired) electrons. The first-order chi connectivity index (χ1) is 15.9. The fraction of sp³-hybridized carbons (Fsp3) is 0.182. The monoisotopic (exact) mass is 473 g/mol. The number of pyridine rings is 1. The molecule has 1 unspecified atom stereocenters. The minimum Gasteiger partial charge on any atom is -0.491 e. The highest BCUT2D eigenvalue weighted by Crippen LogP contribution is 2.43. The maximum absolute atomic E-state index is 13.2. The van der Waals surface area contributed by atoms with Gasteiger partial charge in [0, 0.05) is 24.4 Å². The lowest BCUT2D eigenvalue weighted by atomic mass is 10.2. The van der Waals surface area contributed by atoms with E-state index >= 15 is 0 Å². The maximum Gasteiger partial charge on any atom is 0.586 e. The number of ether oxygens (including phenoxy) is 4. The van der Waals surface area contributed by atoms with Gasteiger partial charge in [0.15, 0.2) is 28.2 Å². The summed E-state index contributed by atoms with van der Waals surface area (Å²) in [6.07, 6.45) is -2.17. The molecule has 0 amide bonds. The number of hydrogen-bond acceptors (Lipinski definition) is 7. The van der Waals surface area contributed by atoms with Gasteiger partial charge in [0.2, 0.25) is 0 Å². The van der Waals surface area contributed by atoms with Crippen LogP contribution in [0.1, 0.15) is 11.3 Å². The van der Waals surface area contributed by atoms with E-state index in [1.807, 2.05) is 30.3 Å². The van der Waals surface area contributed by atoms with Gasteiger partial charge in [-0.2, -0.15) is 0 Å². The molecule has 2 aromatic heterocycles. The van der Waals surface area contributed by atoms with Gasteiger partial charge in [-0.25, -0.2) is 4.98 Å². The summed E-state index contributed by atoms with van der Waals surface area (Å²) in [4.78, 5) is 11.4. The number of nitrogens with one attached hydrogen (secondary N) is 1. The van der Waals surface area contributed by atoms with E-state index in [1.54, 1.807) is 12.3 Å². The highest BCUT2D eigenvalue weighted by Gasteiger charge is 2.43. The third kappa shape index (κ3) is 4.31. The minimum absolute atomic E-state index is 0.00365. The summed E-state index contributed by atoms with van der Waals surface area (Å²) < 4.78 is 59.7. The second-order valence-corrected chi connectivity index (χ2v) is 8.45. The number of rotatable bonds is 7. The molecule has 1 aliphatic heterocycles. The maximum atomic E-state index is 13.2. The molecule has 11 heteroatoms. The van der Waals surface area contributed by atoms with E-state index in [4.69, 9.17) is 9.47 Å². The predicted molar refractivity (Wildman–Crippen MR) is 114 cm³/mol. The van der Waals surface area contributed by atoms with Crippen molar-refractivity contribution < 1.29 is 31.9 Å². The number of imidazole rings is 1. The average molecular weight is 473 g/mol. The summed E-state index contributed by atoms with van der Waals surface area (Å²) >= 11 is 0. The molecule has 5 rings (SSSR count). The van der Waals surface area contributed by atoms with E-state index in [0.717, 1.165) is 5.56 Å². The zero-order valence-electron chi connectivity index (χ0n) is 17.2. The van der Waals surface area contributed by atoms with Crippen LogP contribution in [-0.4, -0.2) is 32.6 Å². The van der Waals surface area contributed by atoms with Gasteiger partial charge in [-0.05, 0) is 5.56 Å². The molecular weight excluding hydrogens is 456 g/mol. The number of aromatic nitrogens is 3. The Balaban J connectivity index is 1.36. The van der Waals surface area contributed by atoms with Gasteiger partial charge >= 0.3 is 6.29 Å². The summed E-state index contributed by atoms with van der Waals surface area (Å²) in [6, 6.07) is 14.0. The molecule has 0 spiro atoms. The molecule has 170 valence electrons. The van der Waals surface area contributed by atoms with Crippen molar-refractivity contribution in [1.29, 1.82) is 0 Å². The smallest absolute Gasteiger partial charge is 0.491 e. The van der Waals surface area contributed by atoms with Crippen molar-refractivity contribution in [2.75, 3.05) is 7.11 Å². The lowest BCUT2D eigenvalue weighted by molar-refractivity contribution is -0.286. The van der Waals surface area contributed by atoms with Crippen LogP contribution in [-0.2, 0) is 23.2 Å². The Morgan fingerprint density at radius 1 is 1.12 bits per heavy atom. The molecule has 2 aromatic carbocycles. The number of benzene rings is 2. The van der Waals surface area contributed by atoms with Crippen molar-refractivity contribution in [2.24, 2.45) is 0 Å². The van der Waals surface area contributed by atoms with Gasteiger partial charge < -0.3 is 23.9 Å². The first kappa shape index (κ1) is 21.1. The fourth-order valence-electron chi connectivity index (χ4n) is 3.37. The average Bonchev–Trinajstić information content (AvgIpc) is 3.34. The van der Waals surface area contributed by atoms with Gasteiger partial charge in [-0.1, -0.05) is 30.3 Å². The van der Waals surface area contributed by atoms with E-state index in [2.05, 4.69) is 24.4 Å². The second-order valence-electron chi connectivity index (χ2n) is 7.08. The van der Waals surface area contributed by atoms with Crippen molar-refractivity contribution in [2.45, 2.75) is 23.8 Å². The SMILES string of the molecule is COc1c(OCc2ccccc2)ccnc1CS(=O)c1nc2cc3c(cc2[nH]1)OC(F)(F)O3. The van der Waals surface area contributed by atoms with E-state index in [9.17, 15) is 13.0 Å². The molecule has 0 saturated carbocycles. The quantitative estimate of drug-likeness (QED) is 0.430. The predicted octanol–water partition coefficient (Wildman–Crippen LogP) is 4.17. The third-order valence-electron chi connectivity index (χ3n) is 4.85. The number of nitrogens with zero attached hydrogens (tertiary/aromatic N) is 2. The van der Waals surface area contributed by atoms with Crippen LogP contribution in [0.2, 0.25) is 0 Å². The molecule has 0 aliphatic carbocycles. The molecule has 0 saturated heterocycles. The Kier molecular flexibility index (Phi) is 5.33. The van der Waals surface area contributed by atoms with Crippen LogP contribution in [0.25, 0.3) is 11.0 Å². The molecule has 1 N–H and O–H groups in total. The standard InChI is InChI=1S/C22H17F2N3O5S/c1-29-20-16(25-8-7-17(20)30-11-13-5-3-2-4-6-13)12-33(28)21-26-14-9-18-19(10-15(14)27-21)32-22(23,24)31-18/h2-10H,11-12H2,1H3,(H,26,27). The molecule has 8 nitrogen and oxygen atoms in total. The Morgan fingerprint density at radius 3 is 2.64 bits per heavy atom. The Morgan fingerprint density at radius 2 is 1.88 bits per heavy atom. The van der Waals surface area contributed by atoms with Gasteiger partial charge in [0.1, 0.15) is 6.61 Å². The molecular formula is C22H17F2N3O5S. The number of alkyl halides is 2. The van der Waals surface area contributed by atoms with Crippen LogP contribution in [0.5, 0.6) is 23.0 Å². The van der Waals surface area contributed by atoms with Crippen molar-refractivity contribution in [1.82, 2.24) is 15.0 Å². The number of aromatic amines is 1. The number of H-pyrrole nitrogens is 1. The van der Waals surface area contributed by atoms with Crippen LogP contribution < -0.4 is 18.9 Å².